The van der Waals surface area contributed by atoms with Crippen molar-refractivity contribution < 1.29 is 4.39 Å². The van der Waals surface area contributed by atoms with Gasteiger partial charge in [-0.3, -0.25) is 0 Å². The van der Waals surface area contributed by atoms with Crippen molar-refractivity contribution in [1.82, 2.24) is 5.32 Å². The van der Waals surface area contributed by atoms with Crippen molar-refractivity contribution in [1.29, 1.82) is 0 Å². The first kappa shape index (κ1) is 13.9. The van der Waals surface area contributed by atoms with Gasteiger partial charge in [-0.25, -0.2) is 4.39 Å². The molecule has 2 atom stereocenters. The van der Waals surface area contributed by atoms with E-state index in [1.165, 1.54) is 12.1 Å². The van der Waals surface area contributed by atoms with Crippen molar-refractivity contribution in [3.63, 3.8) is 0 Å². The molecule has 0 saturated heterocycles. The van der Waals surface area contributed by atoms with Gasteiger partial charge in [0, 0.05) is 22.4 Å². The topological polar surface area (TPSA) is 12.0 Å². The number of halogens is 3. The molecule has 0 heterocycles. The van der Waals surface area contributed by atoms with E-state index in [1.807, 2.05) is 13.0 Å². The highest BCUT2D eigenvalue weighted by molar-refractivity contribution is 9.10. The maximum atomic E-state index is 13.1. The van der Waals surface area contributed by atoms with Crippen LogP contribution in [0.4, 0.5) is 4.39 Å². The van der Waals surface area contributed by atoms with Crippen molar-refractivity contribution in [3.8, 4) is 0 Å². The lowest BCUT2D eigenvalue weighted by Crippen LogP contribution is -2.27. The lowest BCUT2D eigenvalue weighted by Gasteiger charge is -2.15. The molecule has 0 aliphatic heterocycles. The summed E-state index contributed by atoms with van der Waals surface area (Å²) in [5.41, 5.74) is 0.931. The molecular weight excluding hydrogens is 292 g/mol. The zero-order chi connectivity index (χ0) is 12.1. The molecule has 0 saturated carbocycles. The Morgan fingerprint density at radius 3 is 2.62 bits per heavy atom. The molecule has 0 amide bonds. The zero-order valence-electron chi connectivity index (χ0n) is 9.43. The Morgan fingerprint density at radius 1 is 1.38 bits per heavy atom. The second-order valence-corrected chi connectivity index (χ2v) is 5.74. The van der Waals surface area contributed by atoms with Gasteiger partial charge in [0.2, 0.25) is 0 Å². The fourth-order valence-corrected chi connectivity index (χ4v) is 2.36. The minimum atomic E-state index is -0.218. The highest BCUT2D eigenvalue weighted by Gasteiger charge is 2.06. The molecule has 2 unspecified atom stereocenters. The van der Waals surface area contributed by atoms with E-state index in [0.29, 0.717) is 12.6 Å². The molecule has 1 N–H and O–H groups in total. The summed E-state index contributed by atoms with van der Waals surface area (Å²) in [5, 5.41) is 3.47. The van der Waals surface area contributed by atoms with Gasteiger partial charge in [0.05, 0.1) is 0 Å². The third-order valence-electron chi connectivity index (χ3n) is 2.26. The molecular formula is C12H16BrClFN. The Morgan fingerprint density at radius 2 is 2.06 bits per heavy atom. The number of hydrogen-bond acceptors (Lipinski definition) is 1. The standard InChI is InChI=1S/C12H16BrClFN/c1-8(14)3-9(2)16-7-10-4-11(13)6-12(15)5-10/h4-6,8-9,16H,3,7H2,1-2H3. The van der Waals surface area contributed by atoms with Gasteiger partial charge in [-0.2, -0.15) is 0 Å². The summed E-state index contributed by atoms with van der Waals surface area (Å²) in [6.45, 7) is 4.70. The first-order chi connectivity index (χ1) is 7.47. The van der Waals surface area contributed by atoms with Gasteiger partial charge >= 0.3 is 0 Å². The summed E-state index contributed by atoms with van der Waals surface area (Å²) in [4.78, 5) is 0. The van der Waals surface area contributed by atoms with Crippen LogP contribution in [0.3, 0.4) is 0 Å². The van der Waals surface area contributed by atoms with Crippen LogP contribution in [0, 0.1) is 5.82 Å². The molecule has 1 aromatic rings. The second-order valence-electron chi connectivity index (χ2n) is 4.08. The van der Waals surface area contributed by atoms with Gasteiger partial charge in [-0.15, -0.1) is 11.6 Å². The quantitative estimate of drug-likeness (QED) is 0.808. The molecule has 1 nitrogen and oxygen atoms in total. The number of hydrogen-bond donors (Lipinski definition) is 1. The first-order valence-corrected chi connectivity index (χ1v) is 6.52. The van der Waals surface area contributed by atoms with Gasteiger partial charge in [-0.05, 0) is 44.0 Å². The van der Waals surface area contributed by atoms with Crippen molar-refractivity contribution in [2.45, 2.75) is 38.2 Å². The van der Waals surface area contributed by atoms with E-state index < -0.39 is 0 Å². The number of alkyl halides is 1. The van der Waals surface area contributed by atoms with Crippen molar-refractivity contribution >= 4 is 27.5 Å². The van der Waals surface area contributed by atoms with E-state index in [0.717, 1.165) is 16.5 Å². The third kappa shape index (κ3) is 5.28. The minimum Gasteiger partial charge on any atom is -0.310 e. The van der Waals surface area contributed by atoms with Gasteiger partial charge in [0.25, 0.3) is 0 Å². The highest BCUT2D eigenvalue weighted by Crippen LogP contribution is 2.15. The van der Waals surface area contributed by atoms with Crippen LogP contribution < -0.4 is 5.32 Å². The maximum absolute atomic E-state index is 13.1. The molecule has 0 aromatic heterocycles. The highest BCUT2D eigenvalue weighted by atomic mass is 79.9. The third-order valence-corrected chi connectivity index (χ3v) is 2.89. The van der Waals surface area contributed by atoms with E-state index in [9.17, 15) is 4.39 Å². The van der Waals surface area contributed by atoms with Crippen LogP contribution in [-0.4, -0.2) is 11.4 Å². The first-order valence-electron chi connectivity index (χ1n) is 5.30. The number of benzene rings is 1. The Hall–Kier alpha value is -0.120. The molecule has 0 spiro atoms. The molecule has 0 fully saturated rings. The summed E-state index contributed by atoms with van der Waals surface area (Å²) in [6, 6.07) is 5.23. The monoisotopic (exact) mass is 307 g/mol. The predicted molar refractivity (Wildman–Crippen MR) is 70.3 cm³/mol. The molecule has 0 radical (unpaired) electrons. The van der Waals surface area contributed by atoms with Crippen LogP contribution >= 0.6 is 27.5 Å². The predicted octanol–water partition coefficient (Wildman–Crippen LogP) is 4.08. The van der Waals surface area contributed by atoms with Gasteiger partial charge in [0.15, 0.2) is 0 Å². The lowest BCUT2D eigenvalue weighted by molar-refractivity contribution is 0.509. The largest absolute Gasteiger partial charge is 0.310 e. The van der Waals surface area contributed by atoms with Crippen molar-refractivity contribution in [2.24, 2.45) is 0 Å². The van der Waals surface area contributed by atoms with Crippen LogP contribution in [0.1, 0.15) is 25.8 Å². The maximum Gasteiger partial charge on any atom is 0.124 e. The Kier molecular flexibility index (Phi) is 5.73. The molecule has 16 heavy (non-hydrogen) atoms. The van der Waals surface area contributed by atoms with Crippen LogP contribution in [-0.2, 0) is 6.54 Å². The van der Waals surface area contributed by atoms with Crippen molar-refractivity contribution in [2.75, 3.05) is 0 Å². The zero-order valence-corrected chi connectivity index (χ0v) is 11.8. The van der Waals surface area contributed by atoms with Gasteiger partial charge in [0.1, 0.15) is 5.82 Å². The molecule has 1 aromatic carbocycles. The normalized spacial score (nSPS) is 14.8. The summed E-state index contributed by atoms with van der Waals surface area (Å²) < 4.78 is 13.9. The minimum absolute atomic E-state index is 0.154. The fraction of sp³-hybridized carbons (Fsp3) is 0.500. The summed E-state index contributed by atoms with van der Waals surface area (Å²) in [7, 11) is 0. The summed E-state index contributed by atoms with van der Waals surface area (Å²) in [5.74, 6) is -0.218. The van der Waals surface area contributed by atoms with Crippen LogP contribution in [0.25, 0.3) is 0 Å². The average Bonchev–Trinajstić information content (AvgIpc) is 2.12. The molecule has 0 bridgehead atoms. The Bertz CT molecular complexity index is 324. The number of rotatable bonds is 5. The van der Waals surface area contributed by atoms with E-state index >= 15 is 0 Å². The van der Waals surface area contributed by atoms with Crippen LogP contribution in [0.5, 0.6) is 0 Å². The van der Waals surface area contributed by atoms with E-state index in [4.69, 9.17) is 11.6 Å². The lowest BCUT2D eigenvalue weighted by atomic mass is 10.1. The summed E-state index contributed by atoms with van der Waals surface area (Å²) >= 11 is 9.17. The van der Waals surface area contributed by atoms with Gasteiger partial charge < -0.3 is 5.32 Å². The Balaban J connectivity index is 2.48. The Labute approximate surface area is 110 Å². The van der Waals surface area contributed by atoms with Crippen LogP contribution in [0.15, 0.2) is 22.7 Å². The van der Waals surface area contributed by atoms with Gasteiger partial charge in [-0.1, -0.05) is 15.9 Å². The molecule has 4 heteroatoms. The molecule has 0 aliphatic carbocycles. The SMILES string of the molecule is CC(Cl)CC(C)NCc1cc(F)cc(Br)c1. The van der Waals surface area contributed by atoms with E-state index in [1.54, 1.807) is 0 Å². The molecule has 1 rings (SSSR count). The van der Waals surface area contributed by atoms with E-state index in [2.05, 4.69) is 28.2 Å². The van der Waals surface area contributed by atoms with Crippen LogP contribution in [0.2, 0.25) is 0 Å². The van der Waals surface area contributed by atoms with Crippen molar-refractivity contribution in [3.05, 3.63) is 34.1 Å². The molecule has 90 valence electrons. The van der Waals surface area contributed by atoms with E-state index in [-0.39, 0.29) is 11.2 Å². The fourth-order valence-electron chi connectivity index (χ4n) is 1.58. The number of nitrogens with one attached hydrogen (secondary N) is 1. The molecule has 0 aliphatic rings. The summed E-state index contributed by atoms with van der Waals surface area (Å²) in [6.07, 6.45) is 0.901. The second kappa shape index (κ2) is 6.58. The average molecular weight is 309 g/mol. The smallest absolute Gasteiger partial charge is 0.124 e.